The third-order valence-electron chi connectivity index (χ3n) is 6.02. The number of ether oxygens (including phenoxy) is 1. The van der Waals surface area contributed by atoms with E-state index in [0.29, 0.717) is 25.7 Å². The van der Waals surface area contributed by atoms with Crippen molar-refractivity contribution in [1.82, 2.24) is 14.8 Å². The Kier molecular flexibility index (Phi) is 4.61. The Hall–Kier alpha value is -2.01. The number of hydrogen-bond acceptors (Lipinski definition) is 7. The van der Waals surface area contributed by atoms with E-state index >= 15 is 0 Å². The van der Waals surface area contributed by atoms with Gasteiger partial charge in [0.2, 0.25) is 6.35 Å². The van der Waals surface area contributed by atoms with Gasteiger partial charge in [0.25, 0.3) is 0 Å². The van der Waals surface area contributed by atoms with Crippen LogP contribution >= 0.6 is 0 Å². The molecule has 0 saturated heterocycles. The maximum absolute atomic E-state index is 13.0. The number of fused-ring (bicyclic) bond motifs is 3. The fourth-order valence-electron chi connectivity index (χ4n) is 4.54. The molecule has 2 aliphatic carbocycles. The van der Waals surface area contributed by atoms with Crippen molar-refractivity contribution in [3.05, 3.63) is 34.3 Å². The molecule has 10 heteroatoms. The van der Waals surface area contributed by atoms with E-state index in [1.54, 1.807) is 10.7 Å². The van der Waals surface area contributed by atoms with Gasteiger partial charge < -0.3 is 15.2 Å². The van der Waals surface area contributed by atoms with Crippen LogP contribution in [0.5, 0.6) is 0 Å². The fraction of sp³-hybridized carbons (Fsp3) is 0.579. The number of nitrogens with two attached hydrogens (primary N) is 1. The Morgan fingerprint density at radius 1 is 1.41 bits per heavy atom. The molecule has 0 bridgehead atoms. The monoisotopic (exact) mass is 418 g/mol. The number of aliphatic hydroxyl groups excluding tert-OH is 1. The second-order valence-corrected chi connectivity index (χ2v) is 9.78. The molecular weight excluding hydrogens is 392 g/mol. The number of hydrogen-bond donors (Lipinski definition) is 3. The number of aliphatic hydroxyl groups is 1. The molecule has 1 aliphatic heterocycles. The van der Waals surface area contributed by atoms with Crippen molar-refractivity contribution < 1.29 is 14.1 Å². The van der Waals surface area contributed by atoms with Crippen LogP contribution in [-0.2, 0) is 47.1 Å². The van der Waals surface area contributed by atoms with Crippen molar-refractivity contribution in [1.29, 1.82) is 0 Å². The van der Waals surface area contributed by atoms with E-state index < -0.39 is 16.3 Å². The molecule has 0 fully saturated rings. The number of anilines is 1. The lowest BCUT2D eigenvalue weighted by Gasteiger charge is -2.19. The van der Waals surface area contributed by atoms with Crippen molar-refractivity contribution >= 4 is 15.6 Å². The summed E-state index contributed by atoms with van der Waals surface area (Å²) in [7, 11) is -3.35. The maximum Gasteiger partial charge on any atom is 0.233 e. The molecule has 29 heavy (non-hydrogen) atoms. The summed E-state index contributed by atoms with van der Waals surface area (Å²) in [6.45, 7) is 3.72. The van der Waals surface area contributed by atoms with E-state index in [0.717, 1.165) is 66.0 Å². The molecule has 5 rings (SSSR count). The molecule has 2 aromatic rings. The van der Waals surface area contributed by atoms with Crippen LogP contribution in [0.4, 0.5) is 5.69 Å². The van der Waals surface area contributed by atoms with Crippen molar-refractivity contribution in [2.24, 2.45) is 9.50 Å². The summed E-state index contributed by atoms with van der Waals surface area (Å²) in [5.41, 5.74) is 6.20. The minimum Gasteiger partial charge on any atom is -0.373 e. The number of rotatable bonds is 4. The van der Waals surface area contributed by atoms with Crippen molar-refractivity contribution in [2.75, 3.05) is 11.9 Å². The van der Waals surface area contributed by atoms with Crippen LogP contribution < -0.4 is 10.5 Å². The predicted molar refractivity (Wildman–Crippen MR) is 108 cm³/mol. The van der Waals surface area contributed by atoms with E-state index in [2.05, 4.69) is 21.7 Å². The maximum atomic E-state index is 13.0. The van der Waals surface area contributed by atoms with Gasteiger partial charge in [0.15, 0.2) is 14.9 Å². The lowest BCUT2D eigenvalue weighted by Crippen LogP contribution is -2.24. The number of aromatic nitrogens is 3. The van der Waals surface area contributed by atoms with E-state index in [1.165, 1.54) is 0 Å². The zero-order valence-electron chi connectivity index (χ0n) is 16.4. The summed E-state index contributed by atoms with van der Waals surface area (Å²) in [5, 5.41) is 24.1. The fourth-order valence-corrected chi connectivity index (χ4v) is 5.52. The highest BCUT2D eigenvalue weighted by molar-refractivity contribution is 7.91. The molecule has 3 atom stereocenters. The first-order valence-corrected chi connectivity index (χ1v) is 11.7. The van der Waals surface area contributed by atoms with Gasteiger partial charge in [-0.25, -0.2) is 9.35 Å². The van der Waals surface area contributed by atoms with Gasteiger partial charge in [-0.3, -0.25) is 9.67 Å². The van der Waals surface area contributed by atoms with Gasteiger partial charge in [0.1, 0.15) is 0 Å². The first-order chi connectivity index (χ1) is 13.9. The van der Waals surface area contributed by atoms with Crippen molar-refractivity contribution in [3.8, 4) is 0 Å². The second kappa shape index (κ2) is 7.05. The zero-order chi connectivity index (χ0) is 20.2. The van der Waals surface area contributed by atoms with Crippen LogP contribution in [0.3, 0.4) is 0 Å². The van der Waals surface area contributed by atoms with Crippen LogP contribution in [0.15, 0.2) is 15.5 Å². The Morgan fingerprint density at radius 3 is 3.10 bits per heavy atom. The quantitative estimate of drug-likeness (QED) is 0.645. The van der Waals surface area contributed by atoms with E-state index in [-0.39, 0.29) is 5.03 Å². The van der Waals surface area contributed by atoms with Gasteiger partial charge in [-0.1, -0.05) is 6.92 Å². The van der Waals surface area contributed by atoms with Crippen LogP contribution in [0.2, 0.25) is 0 Å². The van der Waals surface area contributed by atoms with E-state index in [1.807, 2.05) is 0 Å². The molecule has 0 amide bonds. The first kappa shape index (κ1) is 19.0. The van der Waals surface area contributed by atoms with Crippen LogP contribution in [0.1, 0.15) is 53.9 Å². The molecule has 3 aliphatic rings. The molecule has 9 nitrogen and oxygen atoms in total. The van der Waals surface area contributed by atoms with Gasteiger partial charge in [0, 0.05) is 23.1 Å². The minimum atomic E-state index is -3.35. The smallest absolute Gasteiger partial charge is 0.233 e. The summed E-state index contributed by atoms with van der Waals surface area (Å²) in [6, 6.07) is 1.64. The highest BCUT2D eigenvalue weighted by Gasteiger charge is 2.30. The highest BCUT2D eigenvalue weighted by Crippen LogP contribution is 2.41. The number of aryl methyl sites for hydroxylation is 1. The van der Waals surface area contributed by atoms with Crippen molar-refractivity contribution in [3.63, 3.8) is 0 Å². The molecule has 2 aromatic heterocycles. The van der Waals surface area contributed by atoms with Crippen LogP contribution in [0, 0.1) is 0 Å². The number of pyridine rings is 1. The molecule has 3 heterocycles. The molecule has 0 aromatic carbocycles. The summed E-state index contributed by atoms with van der Waals surface area (Å²) in [6.07, 6.45) is 3.49. The Morgan fingerprint density at radius 2 is 2.28 bits per heavy atom. The van der Waals surface area contributed by atoms with Gasteiger partial charge >= 0.3 is 0 Å². The normalized spacial score (nSPS) is 23.1. The standard InChI is InChI=1S/C19H26N6O3S/c1-11-5-6-14-17(11)21-15-4-2-3-13(15)18(14)22-19(26)24-29(20,27)16-9-12-10-28-8-7-25(12)23-16/h9,11,19,26H,2-8,10H2,1H3,(H,21,22)(H2,20,24,27). The lowest BCUT2D eigenvalue weighted by molar-refractivity contribution is 0.0799. The van der Waals surface area contributed by atoms with Gasteiger partial charge in [-0.2, -0.15) is 9.46 Å². The SMILES string of the molecule is CC1CCc2c1nc1c(c2NC(O)N=S(N)(=O)c2cc3n(n2)CCOC3)CCC1. The summed E-state index contributed by atoms with van der Waals surface area (Å²) in [5.74, 6) is 0.406. The lowest BCUT2D eigenvalue weighted by atomic mass is 10.0. The molecule has 4 N–H and O–H groups in total. The summed E-state index contributed by atoms with van der Waals surface area (Å²) in [4.78, 5) is 4.88. The first-order valence-electron chi connectivity index (χ1n) is 10.1. The van der Waals surface area contributed by atoms with Gasteiger partial charge in [-0.05, 0) is 49.1 Å². The third-order valence-corrected chi connectivity index (χ3v) is 7.33. The van der Waals surface area contributed by atoms with E-state index in [9.17, 15) is 9.32 Å². The average Bonchev–Trinajstić information content (AvgIpc) is 3.40. The topological polar surface area (TPSA) is 128 Å². The number of nitrogens with zero attached hydrogens (tertiary/aromatic N) is 4. The van der Waals surface area contributed by atoms with Crippen LogP contribution in [-0.4, -0.2) is 37.0 Å². The van der Waals surface area contributed by atoms with Gasteiger partial charge in [-0.15, -0.1) is 0 Å². The van der Waals surface area contributed by atoms with Gasteiger partial charge in [0.05, 0.1) is 25.5 Å². The molecule has 0 saturated carbocycles. The molecule has 0 spiro atoms. The van der Waals surface area contributed by atoms with E-state index in [4.69, 9.17) is 14.9 Å². The largest absolute Gasteiger partial charge is 0.373 e. The highest BCUT2D eigenvalue weighted by atomic mass is 32.2. The molecule has 0 radical (unpaired) electrons. The molecule has 156 valence electrons. The minimum absolute atomic E-state index is 0.164. The zero-order valence-corrected chi connectivity index (χ0v) is 17.2. The Labute approximate surface area is 170 Å². The third kappa shape index (κ3) is 3.33. The summed E-state index contributed by atoms with van der Waals surface area (Å²) >= 11 is 0. The van der Waals surface area contributed by atoms with Crippen molar-refractivity contribution in [2.45, 2.75) is 69.5 Å². The predicted octanol–water partition coefficient (Wildman–Crippen LogP) is 1.44. The summed E-state index contributed by atoms with van der Waals surface area (Å²) < 4.78 is 24.1. The van der Waals surface area contributed by atoms with Crippen LogP contribution in [0.25, 0.3) is 0 Å². The average molecular weight is 419 g/mol. The Balaban J connectivity index is 1.47. The Bertz CT molecular complexity index is 1060. The molecule has 3 unspecified atom stereocenters. The number of nitrogens with one attached hydrogen (secondary N) is 1. The second-order valence-electron chi connectivity index (χ2n) is 8.01. The molecular formula is C19H26N6O3S.